The van der Waals surface area contributed by atoms with Crippen molar-refractivity contribution < 1.29 is 26.3 Å². The van der Waals surface area contributed by atoms with E-state index in [0.29, 0.717) is 12.1 Å². The van der Waals surface area contributed by atoms with Crippen molar-refractivity contribution in [1.29, 1.82) is 0 Å². The Balaban J connectivity index is 2.63. The lowest BCUT2D eigenvalue weighted by atomic mass is 10.0. The van der Waals surface area contributed by atoms with E-state index < -0.39 is 23.5 Å². The molecule has 0 unspecified atom stereocenters. The van der Waals surface area contributed by atoms with Crippen LogP contribution in [-0.2, 0) is 12.4 Å². The molecule has 0 aliphatic heterocycles. The number of hydrogen-bond donors (Lipinski definition) is 1. The fourth-order valence-electron chi connectivity index (χ4n) is 1.59. The maximum absolute atomic E-state index is 12.7. The number of hydrogen-bond acceptors (Lipinski definition) is 3. The molecule has 2 aromatic rings. The molecule has 21 heavy (non-hydrogen) atoms. The van der Waals surface area contributed by atoms with Crippen molar-refractivity contribution in [3.63, 3.8) is 0 Å². The fourth-order valence-corrected chi connectivity index (χ4v) is 1.59. The van der Waals surface area contributed by atoms with Crippen LogP contribution >= 0.6 is 0 Å². The monoisotopic (exact) mass is 307 g/mol. The molecule has 1 aromatic heterocycles. The van der Waals surface area contributed by atoms with Gasteiger partial charge in [-0.25, -0.2) is 4.98 Å². The zero-order valence-corrected chi connectivity index (χ0v) is 10.1. The Kier molecular flexibility index (Phi) is 3.52. The molecule has 0 aliphatic carbocycles. The summed E-state index contributed by atoms with van der Waals surface area (Å²) in [6.07, 6.45) is -7.76. The van der Waals surface area contributed by atoms with Crippen molar-refractivity contribution in [1.82, 2.24) is 9.97 Å². The first-order valence-corrected chi connectivity index (χ1v) is 5.45. The minimum absolute atomic E-state index is 0.00164. The van der Waals surface area contributed by atoms with Gasteiger partial charge in [0.15, 0.2) is 0 Å². The number of rotatable bonds is 1. The molecule has 0 amide bonds. The van der Waals surface area contributed by atoms with Gasteiger partial charge in [-0.05, 0) is 18.2 Å². The van der Waals surface area contributed by atoms with Gasteiger partial charge in [-0.15, -0.1) is 0 Å². The number of halogens is 6. The third-order valence-corrected chi connectivity index (χ3v) is 2.56. The molecule has 0 saturated heterocycles. The molecule has 1 aromatic carbocycles. The SMILES string of the molecule is Nc1cnc(-c2cc(C(F)(F)F)cc(C(F)(F)F)c2)cn1. The molecule has 112 valence electrons. The highest BCUT2D eigenvalue weighted by molar-refractivity contribution is 5.61. The second-order valence-electron chi connectivity index (χ2n) is 4.12. The second kappa shape index (κ2) is 4.90. The quantitative estimate of drug-likeness (QED) is 0.816. The second-order valence-corrected chi connectivity index (χ2v) is 4.12. The zero-order valence-electron chi connectivity index (χ0n) is 10.1. The van der Waals surface area contributed by atoms with Crippen LogP contribution in [0.1, 0.15) is 11.1 Å². The predicted molar refractivity (Wildman–Crippen MR) is 61.9 cm³/mol. The first-order chi connectivity index (χ1) is 9.57. The highest BCUT2D eigenvalue weighted by Gasteiger charge is 2.37. The number of nitrogens with zero attached hydrogens (tertiary/aromatic N) is 2. The Bertz CT molecular complexity index is 613. The molecule has 0 atom stereocenters. The lowest BCUT2D eigenvalue weighted by molar-refractivity contribution is -0.143. The zero-order chi connectivity index (χ0) is 15.8. The van der Waals surface area contributed by atoms with E-state index in [9.17, 15) is 26.3 Å². The molecule has 0 saturated carbocycles. The van der Waals surface area contributed by atoms with Gasteiger partial charge >= 0.3 is 12.4 Å². The highest BCUT2D eigenvalue weighted by atomic mass is 19.4. The smallest absolute Gasteiger partial charge is 0.382 e. The summed E-state index contributed by atoms with van der Waals surface area (Å²) < 4.78 is 76.2. The van der Waals surface area contributed by atoms with Crippen LogP contribution in [0, 0.1) is 0 Å². The summed E-state index contributed by atoms with van der Waals surface area (Å²) >= 11 is 0. The lowest BCUT2D eigenvalue weighted by Crippen LogP contribution is -2.11. The van der Waals surface area contributed by atoms with E-state index in [0.717, 1.165) is 12.4 Å². The van der Waals surface area contributed by atoms with Crippen LogP contribution in [-0.4, -0.2) is 9.97 Å². The lowest BCUT2D eigenvalue weighted by Gasteiger charge is -2.13. The number of nitrogens with two attached hydrogens (primary N) is 1. The van der Waals surface area contributed by atoms with Crippen molar-refractivity contribution in [2.75, 3.05) is 5.73 Å². The summed E-state index contributed by atoms with van der Waals surface area (Å²) in [5.41, 5.74) is 1.97. The Hall–Kier alpha value is -2.32. The van der Waals surface area contributed by atoms with Gasteiger partial charge < -0.3 is 5.73 Å². The molecule has 0 spiro atoms. The number of anilines is 1. The summed E-state index contributed by atoms with van der Waals surface area (Å²) in [7, 11) is 0. The number of benzene rings is 1. The summed E-state index contributed by atoms with van der Waals surface area (Å²) in [5, 5.41) is 0. The molecule has 0 radical (unpaired) electrons. The van der Waals surface area contributed by atoms with E-state index >= 15 is 0 Å². The minimum Gasteiger partial charge on any atom is -0.382 e. The first kappa shape index (κ1) is 15.1. The Morgan fingerprint density at radius 3 is 1.67 bits per heavy atom. The first-order valence-electron chi connectivity index (χ1n) is 5.45. The third kappa shape index (κ3) is 3.41. The van der Waals surface area contributed by atoms with Crippen LogP contribution in [0.5, 0.6) is 0 Å². The summed E-state index contributed by atoms with van der Waals surface area (Å²) in [5.74, 6) is 0.00164. The van der Waals surface area contributed by atoms with Crippen LogP contribution in [0.4, 0.5) is 32.2 Å². The third-order valence-electron chi connectivity index (χ3n) is 2.56. The van der Waals surface area contributed by atoms with Crippen LogP contribution in [0.2, 0.25) is 0 Å². The van der Waals surface area contributed by atoms with Crippen molar-refractivity contribution in [3.05, 3.63) is 41.7 Å². The van der Waals surface area contributed by atoms with E-state index in [1.54, 1.807) is 0 Å². The Labute approximate surface area is 114 Å². The molecule has 1 heterocycles. The largest absolute Gasteiger partial charge is 0.416 e. The van der Waals surface area contributed by atoms with Crippen molar-refractivity contribution in [2.45, 2.75) is 12.4 Å². The minimum atomic E-state index is -4.91. The van der Waals surface area contributed by atoms with E-state index in [2.05, 4.69) is 9.97 Å². The van der Waals surface area contributed by atoms with Gasteiger partial charge in [-0.3, -0.25) is 4.98 Å². The molecule has 2 rings (SSSR count). The summed E-state index contributed by atoms with van der Waals surface area (Å²) in [6.45, 7) is 0. The van der Waals surface area contributed by atoms with E-state index in [1.807, 2.05) is 0 Å². The average molecular weight is 307 g/mol. The molecule has 9 heteroatoms. The van der Waals surface area contributed by atoms with Crippen LogP contribution in [0.25, 0.3) is 11.3 Å². The Morgan fingerprint density at radius 1 is 0.762 bits per heavy atom. The van der Waals surface area contributed by atoms with Gasteiger partial charge in [0.25, 0.3) is 0 Å². The van der Waals surface area contributed by atoms with Gasteiger partial charge in [-0.2, -0.15) is 26.3 Å². The fraction of sp³-hybridized carbons (Fsp3) is 0.167. The van der Waals surface area contributed by atoms with Crippen molar-refractivity contribution in [2.24, 2.45) is 0 Å². The number of nitrogen functional groups attached to an aromatic ring is 1. The molecular weight excluding hydrogens is 300 g/mol. The molecule has 0 bridgehead atoms. The standard InChI is InChI=1S/C12H7F6N3/c13-11(14,15)7-1-6(2-8(3-7)12(16,17)18)9-4-21-10(19)5-20-9/h1-5H,(H2,19,21). The molecular formula is C12H7F6N3. The van der Waals surface area contributed by atoms with E-state index in [-0.39, 0.29) is 23.1 Å². The molecule has 0 fully saturated rings. The van der Waals surface area contributed by atoms with Crippen LogP contribution < -0.4 is 5.73 Å². The number of aromatic nitrogens is 2. The van der Waals surface area contributed by atoms with Gasteiger partial charge in [-0.1, -0.05) is 0 Å². The van der Waals surface area contributed by atoms with Crippen LogP contribution in [0.15, 0.2) is 30.6 Å². The Morgan fingerprint density at radius 2 is 1.29 bits per heavy atom. The molecule has 3 nitrogen and oxygen atoms in total. The van der Waals surface area contributed by atoms with Gasteiger partial charge in [0.2, 0.25) is 0 Å². The molecule has 2 N–H and O–H groups in total. The predicted octanol–water partition coefficient (Wildman–Crippen LogP) is 3.76. The highest BCUT2D eigenvalue weighted by Crippen LogP contribution is 2.38. The van der Waals surface area contributed by atoms with Gasteiger partial charge in [0.1, 0.15) is 5.82 Å². The molecule has 0 aliphatic rings. The maximum Gasteiger partial charge on any atom is 0.416 e. The average Bonchev–Trinajstić information content (AvgIpc) is 2.37. The van der Waals surface area contributed by atoms with Crippen molar-refractivity contribution in [3.8, 4) is 11.3 Å². The topological polar surface area (TPSA) is 51.8 Å². The van der Waals surface area contributed by atoms with Gasteiger partial charge in [0.05, 0.1) is 29.2 Å². The van der Waals surface area contributed by atoms with E-state index in [1.165, 1.54) is 0 Å². The normalized spacial score (nSPS) is 12.5. The van der Waals surface area contributed by atoms with Crippen molar-refractivity contribution >= 4 is 5.82 Å². The van der Waals surface area contributed by atoms with Gasteiger partial charge in [0, 0.05) is 5.56 Å². The maximum atomic E-state index is 12.7. The van der Waals surface area contributed by atoms with E-state index in [4.69, 9.17) is 5.73 Å². The number of alkyl halides is 6. The van der Waals surface area contributed by atoms with Crippen LogP contribution in [0.3, 0.4) is 0 Å². The summed E-state index contributed by atoms with van der Waals surface area (Å²) in [6, 6.07) is 1.21. The summed E-state index contributed by atoms with van der Waals surface area (Å²) in [4.78, 5) is 7.26.